The van der Waals surface area contributed by atoms with E-state index < -0.39 is 18.2 Å². The van der Waals surface area contributed by atoms with Crippen molar-refractivity contribution >= 4 is 11.8 Å². The molecule has 2 N–H and O–H groups in total. The van der Waals surface area contributed by atoms with Crippen LogP contribution in [0.1, 0.15) is 39.5 Å². The molecular weight excluding hydrogens is 313 g/mol. The second-order valence-corrected chi connectivity index (χ2v) is 6.41. The summed E-state index contributed by atoms with van der Waals surface area (Å²) in [5, 5.41) is 11.8. The number of rotatable bonds is 6. The van der Waals surface area contributed by atoms with Crippen molar-refractivity contribution in [2.75, 3.05) is 19.6 Å². The number of aliphatic hydroxyl groups excluding tert-OH is 1. The summed E-state index contributed by atoms with van der Waals surface area (Å²) < 4.78 is 37.4. The van der Waals surface area contributed by atoms with Crippen molar-refractivity contribution in [2.24, 2.45) is 11.8 Å². The van der Waals surface area contributed by atoms with Gasteiger partial charge in [-0.05, 0) is 31.1 Å². The Bertz CT molecular complexity index is 405. The number of piperidine rings is 1. The summed E-state index contributed by atoms with van der Waals surface area (Å²) in [5.74, 6) is -0.979. The highest BCUT2D eigenvalue weighted by Gasteiger charge is 2.44. The normalized spacial score (nSPS) is 18.1. The van der Waals surface area contributed by atoms with Crippen molar-refractivity contribution in [3.05, 3.63) is 0 Å². The second-order valence-electron chi connectivity index (χ2n) is 6.41. The van der Waals surface area contributed by atoms with Crippen LogP contribution in [-0.2, 0) is 9.59 Å². The topological polar surface area (TPSA) is 69.6 Å². The van der Waals surface area contributed by atoms with Crippen LogP contribution >= 0.6 is 0 Å². The van der Waals surface area contributed by atoms with Crippen LogP contribution in [-0.4, -0.2) is 53.7 Å². The van der Waals surface area contributed by atoms with Gasteiger partial charge in [-0.2, -0.15) is 13.2 Å². The Morgan fingerprint density at radius 3 is 2.30 bits per heavy atom. The van der Waals surface area contributed by atoms with Crippen LogP contribution < -0.4 is 5.32 Å². The van der Waals surface area contributed by atoms with E-state index in [2.05, 4.69) is 5.32 Å². The summed E-state index contributed by atoms with van der Waals surface area (Å²) >= 11 is 0. The first-order valence-corrected chi connectivity index (χ1v) is 7.90. The van der Waals surface area contributed by atoms with Gasteiger partial charge in [0.15, 0.2) is 6.10 Å². The highest BCUT2D eigenvalue weighted by Crippen LogP contribution is 2.31. The molecule has 2 amide bonds. The molecule has 0 aromatic rings. The lowest BCUT2D eigenvalue weighted by Crippen LogP contribution is -2.47. The number of likely N-dealkylation sites (tertiary alicyclic amines) is 1. The molecule has 0 aromatic carbocycles. The second kappa shape index (κ2) is 8.52. The maximum absolute atomic E-state index is 12.5. The summed E-state index contributed by atoms with van der Waals surface area (Å²) in [6.07, 6.45) is -5.66. The van der Waals surface area contributed by atoms with Crippen LogP contribution in [0.15, 0.2) is 0 Å². The number of carbonyl (C=O) groups excluding carboxylic acids is 2. The van der Waals surface area contributed by atoms with Crippen LogP contribution in [0.4, 0.5) is 13.2 Å². The molecule has 0 saturated carbocycles. The fourth-order valence-corrected chi connectivity index (χ4v) is 2.53. The quantitative estimate of drug-likeness (QED) is 0.774. The molecule has 1 aliphatic heterocycles. The molecule has 134 valence electrons. The summed E-state index contributed by atoms with van der Waals surface area (Å²) in [6.45, 7) is 4.19. The van der Waals surface area contributed by atoms with Crippen LogP contribution in [0.2, 0.25) is 0 Å². The Balaban J connectivity index is 2.31. The minimum Gasteiger partial charge on any atom is -0.383 e. The van der Waals surface area contributed by atoms with Gasteiger partial charge in [-0.3, -0.25) is 9.59 Å². The lowest BCUT2D eigenvalue weighted by Gasteiger charge is -2.34. The molecule has 0 bridgehead atoms. The minimum atomic E-state index is -4.62. The molecule has 5 nitrogen and oxygen atoms in total. The number of nitrogens with one attached hydrogen (secondary N) is 1. The van der Waals surface area contributed by atoms with Crippen molar-refractivity contribution in [3.8, 4) is 0 Å². The van der Waals surface area contributed by atoms with Gasteiger partial charge in [0.1, 0.15) is 0 Å². The van der Waals surface area contributed by atoms with Crippen LogP contribution in [0.25, 0.3) is 0 Å². The van der Waals surface area contributed by atoms with E-state index in [0.717, 1.165) is 6.42 Å². The lowest BCUT2D eigenvalue weighted by atomic mass is 9.91. The molecule has 1 saturated heterocycles. The SMILES string of the molecule is CC(C)CCC(=O)NCC(=O)N1CCC(C(O)C(F)(F)F)CC1. The average molecular weight is 338 g/mol. The van der Waals surface area contributed by atoms with Gasteiger partial charge in [0.05, 0.1) is 6.54 Å². The average Bonchev–Trinajstić information content (AvgIpc) is 2.49. The molecule has 0 spiro atoms. The van der Waals surface area contributed by atoms with Gasteiger partial charge in [-0.15, -0.1) is 0 Å². The number of amides is 2. The molecule has 8 heteroatoms. The third-order valence-electron chi connectivity index (χ3n) is 4.06. The van der Waals surface area contributed by atoms with Gasteiger partial charge in [-0.1, -0.05) is 13.8 Å². The molecule has 1 rings (SSSR count). The van der Waals surface area contributed by atoms with E-state index in [-0.39, 0.29) is 44.3 Å². The zero-order valence-electron chi connectivity index (χ0n) is 13.5. The fraction of sp³-hybridized carbons (Fsp3) is 0.867. The van der Waals surface area contributed by atoms with Crippen molar-refractivity contribution in [1.82, 2.24) is 10.2 Å². The van der Waals surface area contributed by atoms with Gasteiger partial charge in [0, 0.05) is 19.5 Å². The number of hydrogen-bond acceptors (Lipinski definition) is 3. The van der Waals surface area contributed by atoms with Gasteiger partial charge in [-0.25, -0.2) is 0 Å². The largest absolute Gasteiger partial charge is 0.414 e. The van der Waals surface area contributed by atoms with E-state index in [4.69, 9.17) is 0 Å². The summed E-state index contributed by atoms with van der Waals surface area (Å²) in [7, 11) is 0. The van der Waals surface area contributed by atoms with Gasteiger partial charge >= 0.3 is 6.18 Å². The zero-order valence-corrected chi connectivity index (χ0v) is 13.5. The molecule has 0 radical (unpaired) electrons. The van der Waals surface area contributed by atoms with Crippen molar-refractivity contribution in [2.45, 2.75) is 51.8 Å². The van der Waals surface area contributed by atoms with Crippen LogP contribution in [0.5, 0.6) is 0 Å². The fourth-order valence-electron chi connectivity index (χ4n) is 2.53. The predicted octanol–water partition coefficient (Wildman–Crippen LogP) is 1.70. The van der Waals surface area contributed by atoms with Gasteiger partial charge in [0.2, 0.25) is 11.8 Å². The smallest absolute Gasteiger partial charge is 0.383 e. The van der Waals surface area contributed by atoms with Gasteiger partial charge < -0.3 is 15.3 Å². The molecule has 1 fully saturated rings. The first-order chi connectivity index (χ1) is 10.6. The van der Waals surface area contributed by atoms with E-state index in [0.29, 0.717) is 12.3 Å². The van der Waals surface area contributed by atoms with E-state index in [9.17, 15) is 27.9 Å². The summed E-state index contributed by atoms with van der Waals surface area (Å²) in [4.78, 5) is 24.9. The predicted molar refractivity (Wildman–Crippen MR) is 78.4 cm³/mol. The minimum absolute atomic E-state index is 0.105. The molecule has 0 aliphatic carbocycles. The lowest BCUT2D eigenvalue weighted by molar-refractivity contribution is -0.222. The van der Waals surface area contributed by atoms with Crippen LogP contribution in [0, 0.1) is 11.8 Å². The molecule has 1 heterocycles. The molecule has 23 heavy (non-hydrogen) atoms. The molecule has 1 aliphatic rings. The van der Waals surface area contributed by atoms with Crippen molar-refractivity contribution in [1.29, 1.82) is 0 Å². The third kappa shape index (κ3) is 6.76. The monoisotopic (exact) mass is 338 g/mol. The molecular formula is C15H25F3N2O3. The number of halogens is 3. The maximum Gasteiger partial charge on any atom is 0.414 e. The Kier molecular flexibility index (Phi) is 7.31. The van der Waals surface area contributed by atoms with E-state index in [1.807, 2.05) is 13.8 Å². The van der Waals surface area contributed by atoms with Gasteiger partial charge in [0.25, 0.3) is 0 Å². The Labute approximate surface area is 134 Å². The zero-order chi connectivity index (χ0) is 17.6. The number of aliphatic hydroxyl groups is 1. The first-order valence-electron chi connectivity index (χ1n) is 7.90. The molecule has 1 atom stereocenters. The number of nitrogens with zero attached hydrogens (tertiary/aromatic N) is 1. The summed E-state index contributed by atoms with van der Waals surface area (Å²) in [5.41, 5.74) is 0. The van der Waals surface area contributed by atoms with E-state index in [1.165, 1.54) is 4.90 Å². The Morgan fingerprint density at radius 1 is 1.26 bits per heavy atom. The Morgan fingerprint density at radius 2 is 1.83 bits per heavy atom. The molecule has 0 aromatic heterocycles. The number of alkyl halides is 3. The Hall–Kier alpha value is -1.31. The van der Waals surface area contributed by atoms with Crippen LogP contribution in [0.3, 0.4) is 0 Å². The standard InChI is InChI=1S/C15H25F3N2O3/c1-10(2)3-4-12(21)19-9-13(22)20-7-5-11(6-8-20)14(23)15(16,17)18/h10-11,14,23H,3-9H2,1-2H3,(H,19,21). The van der Waals surface area contributed by atoms with Crippen molar-refractivity contribution in [3.63, 3.8) is 0 Å². The first kappa shape index (κ1) is 19.7. The maximum atomic E-state index is 12.5. The highest BCUT2D eigenvalue weighted by molar-refractivity contribution is 5.84. The number of hydrogen-bond donors (Lipinski definition) is 2. The highest BCUT2D eigenvalue weighted by atomic mass is 19.4. The number of carbonyl (C=O) groups is 2. The van der Waals surface area contributed by atoms with E-state index in [1.54, 1.807) is 0 Å². The summed E-state index contributed by atoms with van der Waals surface area (Å²) in [6, 6.07) is 0. The molecule has 1 unspecified atom stereocenters. The van der Waals surface area contributed by atoms with E-state index >= 15 is 0 Å². The third-order valence-corrected chi connectivity index (χ3v) is 4.06. The van der Waals surface area contributed by atoms with Crippen molar-refractivity contribution < 1.29 is 27.9 Å².